The third-order valence-electron chi connectivity index (χ3n) is 5.18. The van der Waals surface area contributed by atoms with Gasteiger partial charge in [0.1, 0.15) is 5.82 Å². The van der Waals surface area contributed by atoms with Gasteiger partial charge in [0.2, 0.25) is 0 Å². The third kappa shape index (κ3) is 3.10. The maximum Gasteiger partial charge on any atom is 0.272 e. The number of pyridine rings is 1. The Balaban J connectivity index is 1.61. The van der Waals surface area contributed by atoms with E-state index in [1.54, 1.807) is 0 Å². The van der Waals surface area contributed by atoms with E-state index in [1.165, 1.54) is 5.56 Å². The number of hydrogen-bond acceptors (Lipinski definition) is 3. The van der Waals surface area contributed by atoms with E-state index in [9.17, 15) is 4.79 Å². The Bertz CT molecular complexity index is 929. The van der Waals surface area contributed by atoms with Crippen LogP contribution in [0.15, 0.2) is 48.7 Å². The minimum absolute atomic E-state index is 0.124. The number of imidazole rings is 1. The zero-order valence-electron chi connectivity index (χ0n) is 15.3. The number of nitrogens with zero attached hydrogens (tertiary/aromatic N) is 3. The predicted molar refractivity (Wildman–Crippen MR) is 102 cm³/mol. The summed E-state index contributed by atoms with van der Waals surface area (Å²) in [6, 6.07) is 14.4. The average molecular weight is 348 g/mol. The SMILES string of the molecule is Cc1ccc(CNC(=O)c2nc([C@@H]3CCCN3C)n3ccccc23)cc1. The monoisotopic (exact) mass is 348 g/mol. The Morgan fingerprint density at radius 2 is 2.04 bits per heavy atom. The van der Waals surface area contributed by atoms with Gasteiger partial charge in [-0.05, 0) is 51.1 Å². The van der Waals surface area contributed by atoms with Crippen LogP contribution in [0, 0.1) is 6.92 Å². The highest BCUT2D eigenvalue weighted by Gasteiger charge is 2.28. The predicted octanol–water partition coefficient (Wildman–Crippen LogP) is 3.34. The molecular weight excluding hydrogens is 324 g/mol. The first kappa shape index (κ1) is 16.8. The molecule has 3 heterocycles. The first-order valence-corrected chi connectivity index (χ1v) is 9.14. The Kier molecular flexibility index (Phi) is 4.47. The summed E-state index contributed by atoms with van der Waals surface area (Å²) in [5, 5.41) is 3.01. The van der Waals surface area contributed by atoms with Gasteiger partial charge in [0, 0.05) is 12.7 Å². The van der Waals surface area contributed by atoms with Gasteiger partial charge in [0.05, 0.1) is 11.6 Å². The number of carbonyl (C=O) groups excluding carboxylic acids is 1. The standard InChI is InChI=1S/C21H24N4O/c1-15-8-10-16(11-9-15)14-22-21(26)19-17-6-3-4-13-25(17)20(23-19)18-7-5-12-24(18)2/h3-4,6,8-11,13,18H,5,7,12,14H2,1-2H3,(H,22,26)/t18-/m0/s1. The van der Waals surface area contributed by atoms with Crippen LogP contribution in [0.4, 0.5) is 0 Å². The van der Waals surface area contributed by atoms with Crippen molar-refractivity contribution < 1.29 is 4.79 Å². The molecule has 0 radical (unpaired) electrons. The molecule has 1 aliphatic rings. The zero-order valence-corrected chi connectivity index (χ0v) is 15.3. The average Bonchev–Trinajstić information content (AvgIpc) is 3.24. The minimum Gasteiger partial charge on any atom is -0.347 e. The fourth-order valence-electron chi connectivity index (χ4n) is 3.67. The number of rotatable bonds is 4. The summed E-state index contributed by atoms with van der Waals surface area (Å²) in [6.07, 6.45) is 4.24. The molecule has 5 heteroatoms. The summed E-state index contributed by atoms with van der Waals surface area (Å²) >= 11 is 0. The normalized spacial score (nSPS) is 17.7. The van der Waals surface area contributed by atoms with E-state index in [1.807, 2.05) is 36.5 Å². The van der Waals surface area contributed by atoms with Gasteiger partial charge >= 0.3 is 0 Å². The second-order valence-electron chi connectivity index (χ2n) is 7.08. The largest absolute Gasteiger partial charge is 0.347 e. The van der Waals surface area contributed by atoms with E-state index >= 15 is 0 Å². The summed E-state index contributed by atoms with van der Waals surface area (Å²) in [6.45, 7) is 3.63. The summed E-state index contributed by atoms with van der Waals surface area (Å²) in [5.74, 6) is 0.835. The van der Waals surface area contributed by atoms with Crippen LogP contribution < -0.4 is 5.32 Å². The highest BCUT2D eigenvalue weighted by atomic mass is 16.1. The molecule has 5 nitrogen and oxygen atoms in total. The number of fused-ring (bicyclic) bond motifs is 1. The molecule has 1 amide bonds. The highest BCUT2D eigenvalue weighted by molar-refractivity contribution is 5.99. The van der Waals surface area contributed by atoms with E-state index in [0.717, 1.165) is 36.3 Å². The van der Waals surface area contributed by atoms with E-state index < -0.39 is 0 Å². The summed E-state index contributed by atoms with van der Waals surface area (Å²) in [5.41, 5.74) is 3.67. The first-order valence-electron chi connectivity index (χ1n) is 9.14. The van der Waals surface area contributed by atoms with Gasteiger partial charge < -0.3 is 9.72 Å². The topological polar surface area (TPSA) is 49.6 Å². The van der Waals surface area contributed by atoms with Crippen LogP contribution in [-0.4, -0.2) is 33.8 Å². The van der Waals surface area contributed by atoms with Crippen molar-refractivity contribution in [2.24, 2.45) is 0 Å². The minimum atomic E-state index is -0.124. The van der Waals surface area contributed by atoms with E-state index in [0.29, 0.717) is 12.2 Å². The maximum absolute atomic E-state index is 12.8. The lowest BCUT2D eigenvalue weighted by molar-refractivity contribution is 0.0947. The van der Waals surface area contributed by atoms with Crippen molar-refractivity contribution in [1.82, 2.24) is 19.6 Å². The fourth-order valence-corrected chi connectivity index (χ4v) is 3.67. The lowest BCUT2D eigenvalue weighted by atomic mass is 10.1. The van der Waals surface area contributed by atoms with Gasteiger partial charge in [0.25, 0.3) is 5.91 Å². The Hall–Kier alpha value is -2.66. The van der Waals surface area contributed by atoms with Crippen LogP contribution >= 0.6 is 0 Å². The number of benzene rings is 1. The van der Waals surface area contributed by atoms with Gasteiger partial charge in [-0.1, -0.05) is 35.9 Å². The van der Waals surface area contributed by atoms with Crippen LogP contribution in [-0.2, 0) is 6.54 Å². The highest BCUT2D eigenvalue weighted by Crippen LogP contribution is 2.31. The van der Waals surface area contributed by atoms with Crippen molar-refractivity contribution >= 4 is 11.4 Å². The summed E-state index contributed by atoms with van der Waals surface area (Å²) in [4.78, 5) is 19.9. The van der Waals surface area contributed by atoms with Crippen molar-refractivity contribution in [3.63, 3.8) is 0 Å². The van der Waals surface area contributed by atoms with Gasteiger partial charge in [0.15, 0.2) is 5.69 Å². The van der Waals surface area contributed by atoms with Crippen molar-refractivity contribution in [3.05, 3.63) is 71.3 Å². The molecule has 0 unspecified atom stereocenters. The molecule has 134 valence electrons. The summed E-state index contributed by atoms with van der Waals surface area (Å²) in [7, 11) is 2.12. The van der Waals surface area contributed by atoms with Crippen molar-refractivity contribution in [1.29, 1.82) is 0 Å². The molecule has 2 aromatic heterocycles. The van der Waals surface area contributed by atoms with Crippen LogP contribution in [0.25, 0.3) is 5.52 Å². The van der Waals surface area contributed by atoms with Crippen molar-refractivity contribution in [3.8, 4) is 0 Å². The van der Waals surface area contributed by atoms with E-state index in [4.69, 9.17) is 4.98 Å². The molecule has 0 saturated carbocycles. The number of aryl methyl sites for hydroxylation is 1. The molecule has 3 aromatic rings. The van der Waals surface area contributed by atoms with Gasteiger partial charge in [-0.3, -0.25) is 9.69 Å². The molecule has 1 saturated heterocycles. The van der Waals surface area contributed by atoms with Crippen LogP contribution in [0.5, 0.6) is 0 Å². The molecule has 0 bridgehead atoms. The van der Waals surface area contributed by atoms with Gasteiger partial charge in [-0.2, -0.15) is 0 Å². The van der Waals surface area contributed by atoms with E-state index in [-0.39, 0.29) is 11.9 Å². The second-order valence-corrected chi connectivity index (χ2v) is 7.08. The molecule has 1 atom stereocenters. The van der Waals surface area contributed by atoms with Crippen LogP contribution in [0.3, 0.4) is 0 Å². The molecule has 0 spiro atoms. The molecule has 26 heavy (non-hydrogen) atoms. The second kappa shape index (κ2) is 6.92. The fraction of sp³-hybridized carbons (Fsp3) is 0.333. The summed E-state index contributed by atoms with van der Waals surface area (Å²) < 4.78 is 2.06. The Morgan fingerprint density at radius 3 is 2.77 bits per heavy atom. The number of carbonyl (C=O) groups is 1. The molecule has 1 N–H and O–H groups in total. The molecule has 0 aliphatic carbocycles. The van der Waals surface area contributed by atoms with Crippen molar-refractivity contribution in [2.45, 2.75) is 32.4 Å². The quantitative estimate of drug-likeness (QED) is 0.787. The van der Waals surface area contributed by atoms with Gasteiger partial charge in [-0.25, -0.2) is 4.98 Å². The zero-order chi connectivity index (χ0) is 18.1. The lowest BCUT2D eigenvalue weighted by Crippen LogP contribution is -2.23. The van der Waals surface area contributed by atoms with Crippen LogP contribution in [0.2, 0.25) is 0 Å². The third-order valence-corrected chi connectivity index (χ3v) is 5.18. The Labute approximate surface area is 153 Å². The molecule has 1 fully saturated rings. The molecule has 1 aromatic carbocycles. The number of hydrogen-bond donors (Lipinski definition) is 1. The smallest absolute Gasteiger partial charge is 0.272 e. The number of amides is 1. The molecule has 4 rings (SSSR count). The van der Waals surface area contributed by atoms with E-state index in [2.05, 4.69) is 40.7 Å². The van der Waals surface area contributed by atoms with Crippen LogP contribution in [0.1, 0.15) is 46.3 Å². The maximum atomic E-state index is 12.8. The Morgan fingerprint density at radius 1 is 1.23 bits per heavy atom. The van der Waals surface area contributed by atoms with Gasteiger partial charge in [-0.15, -0.1) is 0 Å². The number of likely N-dealkylation sites (tertiary alicyclic amines) is 1. The number of nitrogens with one attached hydrogen (secondary N) is 1. The lowest BCUT2D eigenvalue weighted by Gasteiger charge is -2.17. The number of aromatic nitrogens is 2. The molecular formula is C21H24N4O. The van der Waals surface area contributed by atoms with Crippen molar-refractivity contribution in [2.75, 3.05) is 13.6 Å². The molecule has 1 aliphatic heterocycles. The first-order chi connectivity index (χ1) is 12.6.